The lowest BCUT2D eigenvalue weighted by Crippen LogP contribution is -2.09. The Bertz CT molecular complexity index is 217. The number of hydrogen-bond acceptors (Lipinski definition) is 3. The molecule has 0 N–H and O–H groups in total. The Morgan fingerprint density at radius 2 is 1.72 bits per heavy atom. The maximum Gasteiger partial charge on any atom is 0.389 e. The summed E-state index contributed by atoms with van der Waals surface area (Å²) in [7, 11) is 0. The highest BCUT2D eigenvalue weighted by atomic mass is 19.4. The molecule has 0 atom stereocenters. The van der Waals surface area contributed by atoms with E-state index in [1.165, 1.54) is 0 Å². The minimum absolute atomic E-state index is 0.00628. The van der Waals surface area contributed by atoms with Crippen LogP contribution in [-0.4, -0.2) is 32.0 Å². The molecule has 6 heteroatoms. The zero-order valence-corrected chi connectivity index (χ0v) is 10.7. The molecule has 0 aromatic carbocycles. The van der Waals surface area contributed by atoms with Crippen LogP contribution in [-0.2, 0) is 14.3 Å². The molecular weight excluding hydrogens is 249 g/mol. The lowest BCUT2D eigenvalue weighted by atomic mass is 10.2. The van der Waals surface area contributed by atoms with Gasteiger partial charge < -0.3 is 9.47 Å². The second-order valence-electron chi connectivity index (χ2n) is 3.95. The number of carbonyl (C=O) groups is 1. The van der Waals surface area contributed by atoms with E-state index in [-0.39, 0.29) is 19.0 Å². The van der Waals surface area contributed by atoms with Crippen LogP contribution in [0.1, 0.15) is 45.4 Å². The molecule has 0 rings (SSSR count). The van der Waals surface area contributed by atoms with Crippen molar-refractivity contribution in [1.29, 1.82) is 0 Å². The maximum atomic E-state index is 11.8. The Morgan fingerprint density at radius 3 is 2.33 bits per heavy atom. The molecular formula is C12H21F3O3. The van der Waals surface area contributed by atoms with Crippen LogP contribution in [0.15, 0.2) is 0 Å². The highest BCUT2D eigenvalue weighted by Crippen LogP contribution is 2.20. The van der Waals surface area contributed by atoms with Crippen molar-refractivity contribution in [3.05, 3.63) is 0 Å². The van der Waals surface area contributed by atoms with Crippen LogP contribution >= 0.6 is 0 Å². The number of unbranched alkanes of at least 4 members (excludes halogenated alkanes) is 2. The summed E-state index contributed by atoms with van der Waals surface area (Å²) in [5, 5.41) is 0. The quantitative estimate of drug-likeness (QED) is 0.450. The minimum atomic E-state index is -4.09. The summed E-state index contributed by atoms with van der Waals surface area (Å²) in [6.07, 6.45) is -2.19. The smallest absolute Gasteiger partial charge is 0.389 e. The molecule has 18 heavy (non-hydrogen) atoms. The Kier molecular flexibility index (Phi) is 9.73. The second kappa shape index (κ2) is 10.2. The van der Waals surface area contributed by atoms with Crippen molar-refractivity contribution in [2.24, 2.45) is 0 Å². The van der Waals surface area contributed by atoms with E-state index < -0.39 is 12.6 Å². The van der Waals surface area contributed by atoms with E-state index in [1.807, 2.05) is 0 Å². The summed E-state index contributed by atoms with van der Waals surface area (Å²) >= 11 is 0. The molecule has 0 fully saturated rings. The monoisotopic (exact) mass is 270 g/mol. The van der Waals surface area contributed by atoms with Gasteiger partial charge in [0.15, 0.2) is 0 Å². The van der Waals surface area contributed by atoms with Gasteiger partial charge in [-0.2, -0.15) is 13.2 Å². The zero-order valence-electron chi connectivity index (χ0n) is 10.7. The first kappa shape index (κ1) is 17.2. The van der Waals surface area contributed by atoms with E-state index in [0.717, 1.165) is 19.3 Å². The number of alkyl halides is 3. The Morgan fingerprint density at radius 1 is 1.06 bits per heavy atom. The SMILES string of the molecule is CCOC(=O)CCCCCOCCCC(F)(F)F. The summed E-state index contributed by atoms with van der Waals surface area (Å²) in [5.41, 5.74) is 0. The van der Waals surface area contributed by atoms with Gasteiger partial charge in [-0.15, -0.1) is 0 Å². The van der Waals surface area contributed by atoms with Crippen molar-refractivity contribution in [2.75, 3.05) is 19.8 Å². The van der Waals surface area contributed by atoms with Crippen LogP contribution in [0.2, 0.25) is 0 Å². The van der Waals surface area contributed by atoms with E-state index in [0.29, 0.717) is 19.6 Å². The van der Waals surface area contributed by atoms with Crippen molar-refractivity contribution in [3.8, 4) is 0 Å². The van der Waals surface area contributed by atoms with Crippen LogP contribution < -0.4 is 0 Å². The van der Waals surface area contributed by atoms with Gasteiger partial charge in [0.2, 0.25) is 0 Å². The van der Waals surface area contributed by atoms with Crippen LogP contribution in [0, 0.1) is 0 Å². The first-order valence-corrected chi connectivity index (χ1v) is 6.26. The Balaban J connectivity index is 3.15. The van der Waals surface area contributed by atoms with Crippen molar-refractivity contribution in [3.63, 3.8) is 0 Å². The molecule has 0 amide bonds. The van der Waals surface area contributed by atoms with Gasteiger partial charge in [-0.3, -0.25) is 4.79 Å². The molecule has 0 aliphatic rings. The van der Waals surface area contributed by atoms with Gasteiger partial charge in [0.1, 0.15) is 0 Å². The fraction of sp³-hybridized carbons (Fsp3) is 0.917. The number of carbonyl (C=O) groups excluding carboxylic acids is 1. The lowest BCUT2D eigenvalue weighted by Gasteiger charge is -2.06. The predicted octanol–water partition coefficient (Wildman–Crippen LogP) is 3.47. The van der Waals surface area contributed by atoms with Gasteiger partial charge in [-0.1, -0.05) is 6.42 Å². The summed E-state index contributed by atoms with van der Waals surface area (Å²) < 4.78 is 45.1. The van der Waals surface area contributed by atoms with Crippen molar-refractivity contribution in [2.45, 2.75) is 51.6 Å². The van der Waals surface area contributed by atoms with Gasteiger partial charge in [0.25, 0.3) is 0 Å². The van der Waals surface area contributed by atoms with Crippen molar-refractivity contribution < 1.29 is 27.4 Å². The van der Waals surface area contributed by atoms with Crippen molar-refractivity contribution >= 4 is 5.97 Å². The third-order valence-electron chi connectivity index (χ3n) is 2.22. The molecule has 0 heterocycles. The topological polar surface area (TPSA) is 35.5 Å². The van der Waals surface area contributed by atoms with Crippen LogP contribution in [0.5, 0.6) is 0 Å². The molecule has 0 bridgehead atoms. The summed E-state index contributed by atoms with van der Waals surface area (Å²) in [6, 6.07) is 0. The molecule has 0 aliphatic carbocycles. The number of hydrogen-bond donors (Lipinski definition) is 0. The third-order valence-corrected chi connectivity index (χ3v) is 2.22. The summed E-state index contributed by atoms with van der Waals surface area (Å²) in [4.78, 5) is 11.0. The first-order chi connectivity index (χ1) is 8.45. The van der Waals surface area contributed by atoms with Gasteiger partial charge in [0.05, 0.1) is 6.61 Å². The maximum absolute atomic E-state index is 11.8. The Hall–Kier alpha value is -0.780. The fourth-order valence-electron chi connectivity index (χ4n) is 1.36. The number of halogens is 3. The molecule has 0 saturated heterocycles. The molecule has 0 unspecified atom stereocenters. The highest BCUT2D eigenvalue weighted by molar-refractivity contribution is 5.69. The molecule has 108 valence electrons. The van der Waals surface area contributed by atoms with Crippen molar-refractivity contribution in [1.82, 2.24) is 0 Å². The second-order valence-corrected chi connectivity index (χ2v) is 3.95. The van der Waals surface area contributed by atoms with Crippen LogP contribution in [0.25, 0.3) is 0 Å². The summed E-state index contributed by atoms with van der Waals surface area (Å²) in [5.74, 6) is -0.205. The van der Waals surface area contributed by atoms with E-state index >= 15 is 0 Å². The number of esters is 1. The minimum Gasteiger partial charge on any atom is -0.466 e. The number of ether oxygens (including phenoxy) is 2. The largest absolute Gasteiger partial charge is 0.466 e. The third kappa shape index (κ3) is 13.3. The van der Waals surface area contributed by atoms with Gasteiger partial charge >= 0.3 is 12.1 Å². The van der Waals surface area contributed by atoms with E-state index in [2.05, 4.69) is 0 Å². The lowest BCUT2D eigenvalue weighted by molar-refractivity contribution is -0.143. The molecule has 0 aromatic heterocycles. The normalized spacial score (nSPS) is 11.6. The Labute approximate surface area is 106 Å². The summed E-state index contributed by atoms with van der Waals surface area (Å²) in [6.45, 7) is 2.73. The van der Waals surface area contributed by atoms with Crippen LogP contribution in [0.3, 0.4) is 0 Å². The van der Waals surface area contributed by atoms with E-state index in [1.54, 1.807) is 6.92 Å². The molecule has 0 spiro atoms. The molecule has 0 aliphatic heterocycles. The molecule has 0 radical (unpaired) electrons. The molecule has 0 aromatic rings. The average Bonchev–Trinajstić information content (AvgIpc) is 2.25. The highest BCUT2D eigenvalue weighted by Gasteiger charge is 2.25. The molecule has 3 nitrogen and oxygen atoms in total. The first-order valence-electron chi connectivity index (χ1n) is 6.26. The van der Waals surface area contributed by atoms with E-state index in [4.69, 9.17) is 9.47 Å². The van der Waals surface area contributed by atoms with Gasteiger partial charge in [-0.25, -0.2) is 0 Å². The van der Waals surface area contributed by atoms with Crippen LogP contribution in [0.4, 0.5) is 13.2 Å². The predicted molar refractivity (Wildman–Crippen MR) is 61.2 cm³/mol. The average molecular weight is 270 g/mol. The fourth-order valence-corrected chi connectivity index (χ4v) is 1.36. The zero-order chi connectivity index (χ0) is 13.9. The van der Waals surface area contributed by atoms with Gasteiger partial charge in [-0.05, 0) is 26.2 Å². The molecule has 0 saturated carbocycles. The van der Waals surface area contributed by atoms with Gasteiger partial charge in [0, 0.05) is 26.1 Å². The number of rotatable bonds is 10. The van der Waals surface area contributed by atoms with E-state index in [9.17, 15) is 18.0 Å². The standard InChI is InChI=1S/C12H21F3O3/c1-2-18-11(16)7-4-3-5-9-17-10-6-8-12(13,14)15/h2-10H2,1H3.